The quantitative estimate of drug-likeness (QED) is 0.497. The Bertz CT molecular complexity index is 1160. The number of nitrogens with one attached hydrogen (secondary N) is 3. The van der Waals surface area contributed by atoms with E-state index >= 15 is 0 Å². The molecule has 35 heavy (non-hydrogen) atoms. The molecular weight excluding hydrogens is 488 g/mol. The van der Waals surface area contributed by atoms with Crippen LogP contribution >= 0.6 is 11.6 Å². The van der Waals surface area contributed by atoms with Crippen molar-refractivity contribution in [3.63, 3.8) is 0 Å². The number of nitrogens with zero attached hydrogens (tertiary/aromatic N) is 1. The van der Waals surface area contributed by atoms with E-state index in [1.807, 2.05) is 29.2 Å². The second-order valence-electron chi connectivity index (χ2n) is 9.31. The number of benzene rings is 2. The van der Waals surface area contributed by atoms with E-state index in [1.165, 1.54) is 0 Å². The zero-order valence-electron chi connectivity index (χ0n) is 19.7. The average molecular weight is 519 g/mol. The summed E-state index contributed by atoms with van der Waals surface area (Å²) in [7, 11) is -3.39. The SMILES string of the molecule is CS(=O)(=O)Nc1ccccc1C1CCN(C(=O)C(Cc2ccc(Cl)cc2)NC(=O)C2CNC2)CC1. The standard InChI is InChI=1S/C25H31ClN4O4S/c1-35(33,34)29-22-5-3-2-4-21(22)18-10-12-30(13-11-18)25(32)23(28-24(31)19-15-27-16-19)14-17-6-8-20(26)9-7-17/h2-9,18-19,23,27,29H,10-16H2,1H3,(H,28,31). The van der Waals surface area contributed by atoms with Crippen LogP contribution in [0, 0.1) is 5.92 Å². The van der Waals surface area contributed by atoms with Crippen LogP contribution in [0.5, 0.6) is 0 Å². The van der Waals surface area contributed by atoms with Gasteiger partial charge in [-0.15, -0.1) is 0 Å². The fourth-order valence-corrected chi connectivity index (χ4v) is 5.31. The van der Waals surface area contributed by atoms with Gasteiger partial charge in [0.1, 0.15) is 6.04 Å². The van der Waals surface area contributed by atoms with Gasteiger partial charge in [-0.05, 0) is 48.1 Å². The van der Waals surface area contributed by atoms with Gasteiger partial charge >= 0.3 is 0 Å². The number of sulfonamides is 1. The van der Waals surface area contributed by atoms with Gasteiger partial charge in [-0.1, -0.05) is 41.9 Å². The Morgan fingerprint density at radius 2 is 1.74 bits per heavy atom. The van der Waals surface area contributed by atoms with Crippen molar-refractivity contribution in [2.45, 2.75) is 31.2 Å². The molecule has 0 radical (unpaired) electrons. The zero-order chi connectivity index (χ0) is 25.0. The van der Waals surface area contributed by atoms with Crippen LogP contribution in [-0.2, 0) is 26.0 Å². The Hall–Kier alpha value is -2.62. The summed E-state index contributed by atoms with van der Waals surface area (Å²) >= 11 is 6.01. The number of hydrogen-bond acceptors (Lipinski definition) is 5. The summed E-state index contributed by atoms with van der Waals surface area (Å²) in [5.74, 6) is -0.178. The Balaban J connectivity index is 1.44. The van der Waals surface area contributed by atoms with Gasteiger partial charge in [-0.3, -0.25) is 14.3 Å². The van der Waals surface area contributed by atoms with Crippen LogP contribution in [0.2, 0.25) is 5.02 Å². The van der Waals surface area contributed by atoms with E-state index in [-0.39, 0.29) is 23.7 Å². The number of amides is 2. The van der Waals surface area contributed by atoms with Gasteiger partial charge < -0.3 is 15.5 Å². The maximum Gasteiger partial charge on any atom is 0.245 e. The first-order valence-corrected chi connectivity index (χ1v) is 14.1. The molecule has 0 bridgehead atoms. The van der Waals surface area contributed by atoms with Crippen LogP contribution < -0.4 is 15.4 Å². The minimum atomic E-state index is -3.39. The van der Waals surface area contributed by atoms with Crippen molar-refractivity contribution < 1.29 is 18.0 Å². The van der Waals surface area contributed by atoms with Crippen molar-refractivity contribution >= 4 is 39.1 Å². The van der Waals surface area contributed by atoms with Crippen molar-refractivity contribution in [3.05, 3.63) is 64.7 Å². The van der Waals surface area contributed by atoms with Gasteiger partial charge in [0.25, 0.3) is 0 Å². The van der Waals surface area contributed by atoms with Crippen molar-refractivity contribution in [1.82, 2.24) is 15.5 Å². The Morgan fingerprint density at radius 3 is 2.34 bits per heavy atom. The summed E-state index contributed by atoms with van der Waals surface area (Å²) in [6.07, 6.45) is 2.95. The number of carbonyl (C=O) groups is 2. The molecule has 0 aromatic heterocycles. The normalized spacial score (nSPS) is 17.9. The molecular formula is C25H31ClN4O4S. The molecule has 0 spiro atoms. The number of halogens is 1. The average Bonchev–Trinajstić information content (AvgIpc) is 2.78. The number of piperidine rings is 1. The molecule has 3 N–H and O–H groups in total. The van der Waals surface area contributed by atoms with Crippen LogP contribution in [-0.4, -0.2) is 63.6 Å². The van der Waals surface area contributed by atoms with Gasteiger partial charge in [0, 0.05) is 37.6 Å². The molecule has 8 nitrogen and oxygen atoms in total. The van der Waals surface area contributed by atoms with Crippen LogP contribution in [0.3, 0.4) is 0 Å². The van der Waals surface area contributed by atoms with Crippen LogP contribution in [0.4, 0.5) is 5.69 Å². The molecule has 2 fully saturated rings. The number of para-hydroxylation sites is 1. The molecule has 188 valence electrons. The van der Waals surface area contributed by atoms with Gasteiger partial charge in [-0.25, -0.2) is 8.42 Å². The number of carbonyl (C=O) groups excluding carboxylic acids is 2. The summed E-state index contributed by atoms with van der Waals surface area (Å²) in [6.45, 7) is 2.32. The highest BCUT2D eigenvalue weighted by Gasteiger charge is 2.33. The summed E-state index contributed by atoms with van der Waals surface area (Å²) in [5, 5.41) is 6.69. The monoisotopic (exact) mass is 518 g/mol. The molecule has 2 aromatic rings. The topological polar surface area (TPSA) is 108 Å². The van der Waals surface area contributed by atoms with Crippen molar-refractivity contribution in [1.29, 1.82) is 0 Å². The van der Waals surface area contributed by atoms with E-state index in [9.17, 15) is 18.0 Å². The van der Waals surface area contributed by atoms with Crippen molar-refractivity contribution in [2.75, 3.05) is 37.2 Å². The highest BCUT2D eigenvalue weighted by molar-refractivity contribution is 7.92. The fraction of sp³-hybridized carbons (Fsp3) is 0.440. The van der Waals surface area contributed by atoms with Crippen LogP contribution in [0.15, 0.2) is 48.5 Å². The van der Waals surface area contributed by atoms with Gasteiger partial charge in [0.15, 0.2) is 0 Å². The second kappa shape index (κ2) is 11.0. The molecule has 4 rings (SSSR count). The summed E-state index contributed by atoms with van der Waals surface area (Å²) in [5.41, 5.74) is 2.45. The summed E-state index contributed by atoms with van der Waals surface area (Å²) in [4.78, 5) is 28.0. The summed E-state index contributed by atoms with van der Waals surface area (Å²) in [6, 6.07) is 14.1. The number of hydrogen-bond donors (Lipinski definition) is 3. The molecule has 1 unspecified atom stereocenters. The predicted molar refractivity (Wildman–Crippen MR) is 137 cm³/mol. The smallest absolute Gasteiger partial charge is 0.245 e. The van der Waals surface area contributed by atoms with Crippen molar-refractivity contribution in [2.24, 2.45) is 5.92 Å². The second-order valence-corrected chi connectivity index (χ2v) is 11.5. The lowest BCUT2D eigenvalue weighted by molar-refractivity contribution is -0.138. The lowest BCUT2D eigenvalue weighted by Gasteiger charge is -2.36. The molecule has 10 heteroatoms. The number of anilines is 1. The maximum absolute atomic E-state index is 13.5. The molecule has 2 aliphatic rings. The third kappa shape index (κ3) is 6.74. The van der Waals surface area contributed by atoms with E-state index in [2.05, 4.69) is 15.4 Å². The molecule has 0 aliphatic carbocycles. The Labute approximate surface area is 211 Å². The first-order chi connectivity index (χ1) is 16.7. The molecule has 1 atom stereocenters. The predicted octanol–water partition coefficient (Wildman–Crippen LogP) is 2.36. The molecule has 2 amide bonds. The molecule has 2 aromatic carbocycles. The molecule has 2 heterocycles. The summed E-state index contributed by atoms with van der Waals surface area (Å²) < 4.78 is 26.1. The number of rotatable bonds is 8. The van der Waals surface area contributed by atoms with E-state index in [0.29, 0.717) is 56.2 Å². The highest BCUT2D eigenvalue weighted by Crippen LogP contribution is 2.33. The largest absolute Gasteiger partial charge is 0.344 e. The third-order valence-corrected chi connectivity index (χ3v) is 7.47. The lowest BCUT2D eigenvalue weighted by atomic mass is 9.88. The van der Waals surface area contributed by atoms with Crippen LogP contribution in [0.25, 0.3) is 0 Å². The number of likely N-dealkylation sites (tertiary alicyclic amines) is 1. The van der Waals surface area contributed by atoms with E-state index < -0.39 is 16.1 Å². The molecule has 2 aliphatic heterocycles. The zero-order valence-corrected chi connectivity index (χ0v) is 21.2. The molecule has 2 saturated heterocycles. The van der Waals surface area contributed by atoms with E-state index in [1.54, 1.807) is 24.3 Å². The van der Waals surface area contributed by atoms with E-state index in [4.69, 9.17) is 11.6 Å². The third-order valence-electron chi connectivity index (χ3n) is 6.62. The lowest BCUT2D eigenvalue weighted by Crippen LogP contribution is -2.57. The van der Waals surface area contributed by atoms with Gasteiger partial charge in [-0.2, -0.15) is 0 Å². The van der Waals surface area contributed by atoms with E-state index in [0.717, 1.165) is 17.4 Å². The minimum Gasteiger partial charge on any atom is -0.344 e. The molecule has 0 saturated carbocycles. The minimum absolute atomic E-state index is 0.0958. The van der Waals surface area contributed by atoms with Gasteiger partial charge in [0.2, 0.25) is 21.8 Å². The van der Waals surface area contributed by atoms with Crippen molar-refractivity contribution in [3.8, 4) is 0 Å². The van der Waals surface area contributed by atoms with Gasteiger partial charge in [0.05, 0.1) is 17.9 Å². The maximum atomic E-state index is 13.5. The Kier molecular flexibility index (Phi) is 7.98. The first kappa shape index (κ1) is 25.5. The Morgan fingerprint density at radius 1 is 1.09 bits per heavy atom. The first-order valence-electron chi connectivity index (χ1n) is 11.8. The fourth-order valence-electron chi connectivity index (χ4n) is 4.60. The highest BCUT2D eigenvalue weighted by atomic mass is 35.5. The van der Waals surface area contributed by atoms with Crippen LogP contribution in [0.1, 0.15) is 29.9 Å².